The van der Waals surface area contributed by atoms with E-state index in [4.69, 9.17) is 4.74 Å². The summed E-state index contributed by atoms with van der Waals surface area (Å²) < 4.78 is 5.50. The van der Waals surface area contributed by atoms with E-state index in [0.717, 1.165) is 62.2 Å². The van der Waals surface area contributed by atoms with Gasteiger partial charge in [0.2, 0.25) is 11.8 Å². The Morgan fingerprint density at radius 3 is 2.26 bits per heavy atom. The number of hydrogen-bond donors (Lipinski definition) is 2. The van der Waals surface area contributed by atoms with Crippen LogP contribution in [-0.4, -0.2) is 50.0 Å². The van der Waals surface area contributed by atoms with Gasteiger partial charge < -0.3 is 20.3 Å². The third-order valence-electron chi connectivity index (χ3n) is 8.57. The average molecular weight is 526 g/mol. The van der Waals surface area contributed by atoms with Gasteiger partial charge in [0.05, 0.1) is 18.1 Å². The van der Waals surface area contributed by atoms with Crippen LogP contribution in [0.2, 0.25) is 0 Å². The third kappa shape index (κ3) is 5.86. The van der Waals surface area contributed by atoms with Gasteiger partial charge in [0.25, 0.3) is 0 Å². The number of piperidine rings is 1. The summed E-state index contributed by atoms with van der Waals surface area (Å²) >= 11 is 0. The Morgan fingerprint density at radius 2 is 1.59 bits per heavy atom. The van der Waals surface area contributed by atoms with Crippen molar-refractivity contribution < 1.29 is 14.3 Å². The molecule has 2 fully saturated rings. The van der Waals surface area contributed by atoms with E-state index in [1.165, 1.54) is 5.56 Å². The number of hydrogen-bond acceptors (Lipinski definition) is 4. The minimum absolute atomic E-state index is 0.00119. The zero-order chi connectivity index (χ0) is 27.3. The van der Waals surface area contributed by atoms with Crippen molar-refractivity contribution in [1.29, 1.82) is 0 Å². The lowest BCUT2D eigenvalue weighted by Gasteiger charge is -2.43. The van der Waals surface area contributed by atoms with Crippen LogP contribution in [0.3, 0.4) is 0 Å². The molecule has 1 saturated heterocycles. The van der Waals surface area contributed by atoms with Crippen LogP contribution in [0.25, 0.3) is 0 Å². The van der Waals surface area contributed by atoms with Crippen molar-refractivity contribution in [1.82, 2.24) is 15.5 Å². The first-order valence-electron chi connectivity index (χ1n) is 14.0. The molecule has 39 heavy (non-hydrogen) atoms. The molecular weight excluding hydrogens is 486 g/mol. The van der Waals surface area contributed by atoms with Gasteiger partial charge in [-0.1, -0.05) is 72.8 Å². The van der Waals surface area contributed by atoms with Gasteiger partial charge in [-0.2, -0.15) is 0 Å². The zero-order valence-electron chi connectivity index (χ0n) is 23.0. The Morgan fingerprint density at radius 1 is 0.923 bits per heavy atom. The molecule has 2 aliphatic rings. The second-order valence-corrected chi connectivity index (χ2v) is 11.0. The highest BCUT2D eigenvalue weighted by molar-refractivity contribution is 5.92. The van der Waals surface area contributed by atoms with Gasteiger partial charge in [-0.05, 0) is 60.4 Å². The number of ether oxygens (including phenoxy) is 1. The Hall–Kier alpha value is -3.64. The van der Waals surface area contributed by atoms with E-state index >= 15 is 0 Å². The van der Waals surface area contributed by atoms with Gasteiger partial charge in [0.1, 0.15) is 5.75 Å². The van der Waals surface area contributed by atoms with Crippen molar-refractivity contribution in [3.8, 4) is 5.75 Å². The number of carbonyl (C=O) groups excluding carboxylic acids is 2. The van der Waals surface area contributed by atoms with Crippen LogP contribution in [-0.2, 0) is 27.0 Å². The van der Waals surface area contributed by atoms with E-state index in [2.05, 4.69) is 45.9 Å². The fraction of sp³-hybridized carbons (Fsp3) is 0.394. The zero-order valence-corrected chi connectivity index (χ0v) is 23.0. The SMILES string of the molecule is COc1cccc([C@]2(C(=O)NCCc3ccccc3)C[C@H]2CN2CCC(NC(C)=O)(c3ccccc3)CC2)c1. The minimum atomic E-state index is -0.545. The molecule has 2 amide bonds. The van der Waals surface area contributed by atoms with Gasteiger partial charge in [-0.15, -0.1) is 0 Å². The summed E-state index contributed by atoms with van der Waals surface area (Å²) in [6.07, 6.45) is 3.32. The molecule has 1 saturated carbocycles. The first kappa shape index (κ1) is 26.9. The quantitative estimate of drug-likeness (QED) is 0.411. The predicted octanol–water partition coefficient (Wildman–Crippen LogP) is 4.44. The van der Waals surface area contributed by atoms with Gasteiger partial charge in [-0.3, -0.25) is 9.59 Å². The lowest BCUT2D eigenvalue weighted by molar-refractivity contribution is -0.124. The van der Waals surface area contributed by atoms with E-state index in [0.29, 0.717) is 6.54 Å². The van der Waals surface area contributed by atoms with Crippen LogP contribution in [0.5, 0.6) is 5.75 Å². The summed E-state index contributed by atoms with van der Waals surface area (Å²) in [6, 6.07) is 28.5. The number of likely N-dealkylation sites (tertiary alicyclic amines) is 1. The Labute approximate surface area is 231 Å². The van der Waals surface area contributed by atoms with Crippen molar-refractivity contribution in [3.05, 3.63) is 102 Å². The molecule has 3 aromatic carbocycles. The van der Waals surface area contributed by atoms with Crippen molar-refractivity contribution in [2.75, 3.05) is 33.3 Å². The molecule has 1 heterocycles. The second kappa shape index (κ2) is 11.6. The molecule has 0 unspecified atom stereocenters. The molecule has 5 rings (SSSR count). The summed E-state index contributed by atoms with van der Waals surface area (Å²) in [5.41, 5.74) is 2.52. The average Bonchev–Trinajstić information content (AvgIpc) is 3.70. The molecule has 0 bridgehead atoms. The standard InChI is InChI=1S/C33H39N3O3/c1-25(37)35-32(27-12-7-4-8-13-27)17-20-36(21-18-32)24-29-23-33(29,28-14-9-15-30(22-28)39-2)31(38)34-19-16-26-10-5-3-6-11-26/h3-15,22,29H,16-21,23-24H2,1-2H3,(H,34,38)(H,35,37)/t29-,33+/m0/s1. The molecular formula is C33H39N3O3. The molecule has 0 radical (unpaired) electrons. The van der Waals surface area contributed by atoms with Crippen molar-refractivity contribution >= 4 is 11.8 Å². The van der Waals surface area contributed by atoms with Crippen LogP contribution in [0.15, 0.2) is 84.9 Å². The lowest BCUT2D eigenvalue weighted by Crippen LogP contribution is -2.53. The van der Waals surface area contributed by atoms with E-state index < -0.39 is 5.41 Å². The molecule has 6 heteroatoms. The highest BCUT2D eigenvalue weighted by Gasteiger charge is 2.61. The highest BCUT2D eigenvalue weighted by Crippen LogP contribution is 2.55. The number of benzene rings is 3. The lowest BCUT2D eigenvalue weighted by atomic mass is 9.80. The number of amides is 2. The van der Waals surface area contributed by atoms with E-state index in [-0.39, 0.29) is 23.3 Å². The number of methoxy groups -OCH3 is 1. The van der Waals surface area contributed by atoms with Crippen molar-refractivity contribution in [2.24, 2.45) is 5.92 Å². The fourth-order valence-electron chi connectivity index (χ4n) is 6.35. The summed E-state index contributed by atoms with van der Waals surface area (Å²) in [7, 11) is 1.66. The van der Waals surface area contributed by atoms with Crippen LogP contribution in [0.4, 0.5) is 0 Å². The summed E-state index contributed by atoms with van der Waals surface area (Å²) in [5, 5.41) is 6.51. The number of nitrogens with zero attached hydrogens (tertiary/aromatic N) is 1. The largest absolute Gasteiger partial charge is 0.497 e. The molecule has 0 spiro atoms. The van der Waals surface area contributed by atoms with Crippen molar-refractivity contribution in [3.63, 3.8) is 0 Å². The van der Waals surface area contributed by atoms with Crippen LogP contribution in [0, 0.1) is 5.92 Å². The van der Waals surface area contributed by atoms with Gasteiger partial charge in [-0.25, -0.2) is 0 Å². The Bertz CT molecular complexity index is 1270. The fourth-order valence-corrected chi connectivity index (χ4v) is 6.35. The predicted molar refractivity (Wildman–Crippen MR) is 154 cm³/mol. The number of rotatable bonds is 10. The molecule has 204 valence electrons. The topological polar surface area (TPSA) is 70.7 Å². The molecule has 1 aliphatic heterocycles. The molecule has 2 atom stereocenters. The van der Waals surface area contributed by atoms with E-state index in [9.17, 15) is 9.59 Å². The molecule has 1 aliphatic carbocycles. The monoisotopic (exact) mass is 525 g/mol. The minimum Gasteiger partial charge on any atom is -0.497 e. The maximum Gasteiger partial charge on any atom is 0.231 e. The molecule has 2 N–H and O–H groups in total. The van der Waals surface area contributed by atoms with Gasteiger partial charge >= 0.3 is 0 Å². The number of carbonyl (C=O) groups is 2. The maximum absolute atomic E-state index is 13.8. The van der Waals surface area contributed by atoms with Crippen LogP contribution < -0.4 is 15.4 Å². The number of nitrogens with one attached hydrogen (secondary N) is 2. The summed E-state index contributed by atoms with van der Waals surface area (Å²) in [5.74, 6) is 1.10. The van der Waals surface area contributed by atoms with E-state index in [1.54, 1.807) is 14.0 Å². The third-order valence-corrected chi connectivity index (χ3v) is 8.57. The first-order valence-corrected chi connectivity index (χ1v) is 14.0. The Kier molecular flexibility index (Phi) is 8.03. The van der Waals surface area contributed by atoms with Crippen molar-refractivity contribution in [2.45, 2.75) is 43.6 Å². The van der Waals surface area contributed by atoms with Gasteiger partial charge in [0, 0.05) is 33.1 Å². The first-order chi connectivity index (χ1) is 18.9. The van der Waals surface area contributed by atoms with Gasteiger partial charge in [0.15, 0.2) is 0 Å². The second-order valence-electron chi connectivity index (χ2n) is 11.0. The molecule has 0 aromatic heterocycles. The molecule has 3 aromatic rings. The summed E-state index contributed by atoms with van der Waals surface area (Å²) in [6.45, 7) is 4.81. The van der Waals surface area contributed by atoms with Crippen LogP contribution >= 0.6 is 0 Å². The smallest absolute Gasteiger partial charge is 0.231 e. The summed E-state index contributed by atoms with van der Waals surface area (Å²) in [4.78, 5) is 28.4. The maximum atomic E-state index is 13.8. The Balaban J connectivity index is 1.28. The highest BCUT2D eigenvalue weighted by atomic mass is 16.5. The van der Waals surface area contributed by atoms with E-state index in [1.807, 2.05) is 54.6 Å². The van der Waals surface area contributed by atoms with Crippen LogP contribution in [0.1, 0.15) is 42.9 Å². The normalized spacial score (nSPS) is 22.1. The molecule has 6 nitrogen and oxygen atoms in total.